The van der Waals surface area contributed by atoms with Gasteiger partial charge >= 0.3 is 0 Å². The van der Waals surface area contributed by atoms with Gasteiger partial charge in [-0.25, -0.2) is 0 Å². The quantitative estimate of drug-likeness (QED) is 0.474. The van der Waals surface area contributed by atoms with Gasteiger partial charge in [-0.3, -0.25) is 4.79 Å². The monoisotopic (exact) mass is 444 g/mol. The molecule has 2 aliphatic heterocycles. The molecule has 33 heavy (non-hydrogen) atoms. The molecule has 0 aromatic heterocycles. The molecular formula is C28H28O5. The first-order valence-corrected chi connectivity index (χ1v) is 11.5. The average molecular weight is 445 g/mol. The van der Waals surface area contributed by atoms with Gasteiger partial charge in [0.2, 0.25) is 0 Å². The maximum Gasteiger partial charge on any atom is 0.184 e. The molecule has 2 fully saturated rings. The van der Waals surface area contributed by atoms with E-state index in [1.165, 1.54) is 0 Å². The standard InChI is InChI=1S/C28H28O5/c29-23(21-12-6-2-7-13-21)16-25-24(30-18-20-10-4-1-5-11-20)17-26-27(32-25)19-31-28(33-26)22-14-8-3-9-15-22/h1-15,24-28H,16-19H2/t24-,25-,26-,27+,28+/m0/s1. The van der Waals surface area contributed by atoms with E-state index in [1.54, 1.807) is 0 Å². The summed E-state index contributed by atoms with van der Waals surface area (Å²) in [4.78, 5) is 12.9. The van der Waals surface area contributed by atoms with Gasteiger partial charge in [-0.1, -0.05) is 91.0 Å². The second-order valence-corrected chi connectivity index (χ2v) is 8.53. The smallest absolute Gasteiger partial charge is 0.184 e. The highest BCUT2D eigenvalue weighted by atomic mass is 16.7. The second-order valence-electron chi connectivity index (χ2n) is 8.53. The summed E-state index contributed by atoms with van der Waals surface area (Å²) in [6, 6.07) is 29.3. The molecule has 0 aliphatic carbocycles. The van der Waals surface area contributed by atoms with E-state index in [-0.39, 0.29) is 36.6 Å². The first kappa shape index (κ1) is 22.0. The molecule has 2 heterocycles. The van der Waals surface area contributed by atoms with Crippen LogP contribution in [0.3, 0.4) is 0 Å². The number of fused-ring (bicyclic) bond motifs is 1. The van der Waals surface area contributed by atoms with Crippen LogP contribution >= 0.6 is 0 Å². The summed E-state index contributed by atoms with van der Waals surface area (Å²) in [7, 11) is 0. The van der Waals surface area contributed by atoms with Crippen LogP contribution in [0.2, 0.25) is 0 Å². The molecule has 0 N–H and O–H groups in total. The molecular weight excluding hydrogens is 416 g/mol. The number of Topliss-reactive ketones (excluding diaryl/α,β-unsaturated/α-hetero) is 1. The molecule has 5 rings (SSSR count). The number of ketones is 1. The summed E-state index contributed by atoms with van der Waals surface area (Å²) in [5, 5.41) is 0. The highest BCUT2D eigenvalue weighted by molar-refractivity contribution is 5.96. The van der Waals surface area contributed by atoms with Gasteiger partial charge in [0.15, 0.2) is 12.1 Å². The van der Waals surface area contributed by atoms with E-state index in [4.69, 9.17) is 18.9 Å². The molecule has 2 saturated heterocycles. The van der Waals surface area contributed by atoms with Gasteiger partial charge in [-0.2, -0.15) is 0 Å². The lowest BCUT2D eigenvalue weighted by Crippen LogP contribution is -2.54. The van der Waals surface area contributed by atoms with E-state index in [1.807, 2.05) is 91.0 Å². The van der Waals surface area contributed by atoms with Crippen molar-refractivity contribution in [1.82, 2.24) is 0 Å². The van der Waals surface area contributed by atoms with Crippen LogP contribution in [0.5, 0.6) is 0 Å². The van der Waals surface area contributed by atoms with E-state index in [9.17, 15) is 4.79 Å². The summed E-state index contributed by atoms with van der Waals surface area (Å²) in [5.74, 6) is 0.0483. The average Bonchev–Trinajstić information content (AvgIpc) is 2.89. The third-order valence-corrected chi connectivity index (χ3v) is 6.21. The Kier molecular flexibility index (Phi) is 6.93. The molecule has 2 aliphatic rings. The van der Waals surface area contributed by atoms with Crippen molar-refractivity contribution in [1.29, 1.82) is 0 Å². The van der Waals surface area contributed by atoms with Gasteiger partial charge in [0.1, 0.15) is 6.10 Å². The summed E-state index contributed by atoms with van der Waals surface area (Å²) in [6.07, 6.45) is -0.515. The second kappa shape index (κ2) is 10.4. The summed E-state index contributed by atoms with van der Waals surface area (Å²) in [6.45, 7) is 0.882. The predicted octanol–water partition coefficient (Wildman–Crippen LogP) is 5.12. The Hall–Kier alpha value is -2.83. The molecule has 0 spiro atoms. The number of benzene rings is 3. The third-order valence-electron chi connectivity index (χ3n) is 6.21. The van der Waals surface area contributed by atoms with Crippen molar-refractivity contribution in [2.24, 2.45) is 0 Å². The van der Waals surface area contributed by atoms with E-state index in [0.717, 1.165) is 11.1 Å². The van der Waals surface area contributed by atoms with Crippen LogP contribution in [0.1, 0.15) is 40.6 Å². The molecule has 0 amide bonds. The summed E-state index contributed by atoms with van der Waals surface area (Å²) in [5.41, 5.74) is 2.76. The van der Waals surface area contributed by atoms with Crippen LogP contribution in [0, 0.1) is 0 Å². The lowest BCUT2D eigenvalue weighted by Gasteiger charge is -2.45. The van der Waals surface area contributed by atoms with Crippen molar-refractivity contribution < 1.29 is 23.7 Å². The maximum absolute atomic E-state index is 12.9. The molecule has 0 saturated carbocycles. The van der Waals surface area contributed by atoms with Crippen LogP contribution in [0.4, 0.5) is 0 Å². The van der Waals surface area contributed by atoms with Crippen LogP contribution in [0.25, 0.3) is 0 Å². The lowest BCUT2D eigenvalue weighted by molar-refractivity contribution is -0.305. The Morgan fingerprint density at radius 1 is 0.818 bits per heavy atom. The minimum absolute atomic E-state index is 0.0483. The fraction of sp³-hybridized carbons (Fsp3) is 0.321. The maximum atomic E-state index is 12.9. The molecule has 5 heteroatoms. The minimum Gasteiger partial charge on any atom is -0.371 e. The lowest BCUT2D eigenvalue weighted by atomic mass is 9.93. The molecule has 0 radical (unpaired) electrons. The zero-order valence-corrected chi connectivity index (χ0v) is 18.4. The van der Waals surface area contributed by atoms with Crippen molar-refractivity contribution in [2.75, 3.05) is 6.61 Å². The largest absolute Gasteiger partial charge is 0.371 e. The first-order valence-electron chi connectivity index (χ1n) is 11.5. The normalized spacial score (nSPS) is 27.0. The van der Waals surface area contributed by atoms with Gasteiger partial charge in [0.25, 0.3) is 0 Å². The zero-order valence-electron chi connectivity index (χ0n) is 18.4. The Morgan fingerprint density at radius 3 is 2.21 bits per heavy atom. The Balaban J connectivity index is 1.30. The van der Waals surface area contributed by atoms with Crippen molar-refractivity contribution >= 4 is 5.78 Å². The van der Waals surface area contributed by atoms with Gasteiger partial charge in [0.05, 0.1) is 31.5 Å². The summed E-state index contributed by atoms with van der Waals surface area (Å²) >= 11 is 0. The van der Waals surface area contributed by atoms with E-state index < -0.39 is 6.29 Å². The van der Waals surface area contributed by atoms with Crippen LogP contribution in [-0.2, 0) is 25.6 Å². The fourth-order valence-corrected chi connectivity index (χ4v) is 4.44. The number of carbonyl (C=O) groups excluding carboxylic acids is 1. The van der Waals surface area contributed by atoms with E-state index in [2.05, 4.69) is 0 Å². The number of carbonyl (C=O) groups is 1. The van der Waals surface area contributed by atoms with E-state index >= 15 is 0 Å². The van der Waals surface area contributed by atoms with Gasteiger partial charge in [0, 0.05) is 24.0 Å². The molecule has 3 aromatic rings. The fourth-order valence-electron chi connectivity index (χ4n) is 4.44. The van der Waals surface area contributed by atoms with Crippen molar-refractivity contribution in [2.45, 2.75) is 50.2 Å². The van der Waals surface area contributed by atoms with Crippen molar-refractivity contribution in [3.05, 3.63) is 108 Å². The van der Waals surface area contributed by atoms with Crippen molar-refractivity contribution in [3.8, 4) is 0 Å². The van der Waals surface area contributed by atoms with Crippen LogP contribution in [0.15, 0.2) is 91.0 Å². The highest BCUT2D eigenvalue weighted by Crippen LogP contribution is 2.36. The van der Waals surface area contributed by atoms with Crippen LogP contribution < -0.4 is 0 Å². The summed E-state index contributed by atoms with van der Waals surface area (Å²) < 4.78 is 24.9. The van der Waals surface area contributed by atoms with Gasteiger partial charge in [-0.15, -0.1) is 0 Å². The Labute approximate surface area is 194 Å². The SMILES string of the molecule is O=C(C[C@@H]1O[C@@H]2CO[C@@H](c3ccccc3)O[C@H]2C[C@@H]1OCc1ccccc1)c1ccccc1. The number of hydrogen-bond acceptors (Lipinski definition) is 5. The predicted molar refractivity (Wildman–Crippen MR) is 124 cm³/mol. The minimum atomic E-state index is -0.423. The van der Waals surface area contributed by atoms with Gasteiger partial charge in [-0.05, 0) is 5.56 Å². The highest BCUT2D eigenvalue weighted by Gasteiger charge is 2.44. The molecule has 0 unspecified atom stereocenters. The van der Waals surface area contributed by atoms with Crippen molar-refractivity contribution in [3.63, 3.8) is 0 Å². The number of rotatable bonds is 7. The molecule has 5 nitrogen and oxygen atoms in total. The molecule has 3 aromatic carbocycles. The zero-order chi connectivity index (χ0) is 22.5. The number of hydrogen-bond donors (Lipinski definition) is 0. The molecule has 170 valence electrons. The number of ether oxygens (including phenoxy) is 4. The third kappa shape index (κ3) is 5.40. The Morgan fingerprint density at radius 2 is 1.48 bits per heavy atom. The van der Waals surface area contributed by atoms with E-state index in [0.29, 0.717) is 25.2 Å². The first-order chi connectivity index (χ1) is 16.3. The molecule has 5 atom stereocenters. The van der Waals surface area contributed by atoms with Gasteiger partial charge < -0.3 is 18.9 Å². The van der Waals surface area contributed by atoms with Crippen LogP contribution in [-0.4, -0.2) is 36.8 Å². The molecule has 0 bridgehead atoms. The Bertz CT molecular complexity index is 1020. The topological polar surface area (TPSA) is 54.0 Å².